The summed E-state index contributed by atoms with van der Waals surface area (Å²) in [7, 11) is 1.42. The fourth-order valence-electron chi connectivity index (χ4n) is 3.04. The Morgan fingerprint density at radius 3 is 2.23 bits per heavy atom. The van der Waals surface area contributed by atoms with Crippen molar-refractivity contribution in [3.63, 3.8) is 0 Å². The van der Waals surface area contributed by atoms with E-state index in [1.165, 1.54) is 19.6 Å². The van der Waals surface area contributed by atoms with Crippen molar-refractivity contribution in [2.45, 2.75) is 84.6 Å². The number of imidazole rings is 1. The minimum atomic E-state index is -1.28. The van der Waals surface area contributed by atoms with Crippen LogP contribution < -0.4 is 10.6 Å². The molecular weight excluding hydrogens is 460 g/mol. The SMILES string of the molecule is CC(C)(C)OC(=O)NC(Cc1cncn1C(=O)OC(C)(C)C)C(=O)O.COC(=O)[C@@H]1C[C@H](C)CN1. The number of esters is 1. The average Bonchev–Trinajstić information content (AvgIpc) is 3.33. The van der Waals surface area contributed by atoms with Gasteiger partial charge in [0.2, 0.25) is 0 Å². The van der Waals surface area contributed by atoms with E-state index in [-0.39, 0.29) is 24.1 Å². The molecule has 1 fully saturated rings. The Labute approximate surface area is 205 Å². The van der Waals surface area contributed by atoms with Crippen LogP contribution in [0.25, 0.3) is 0 Å². The molecule has 1 aliphatic rings. The smallest absolute Gasteiger partial charge is 0.420 e. The number of rotatable bonds is 5. The zero-order valence-electron chi connectivity index (χ0n) is 21.7. The predicted octanol–water partition coefficient (Wildman–Crippen LogP) is 2.34. The molecule has 12 nitrogen and oxygen atoms in total. The second-order valence-corrected chi connectivity index (χ2v) is 10.3. The molecule has 2 heterocycles. The number of carboxylic acids is 1. The quantitative estimate of drug-likeness (QED) is 0.406. The van der Waals surface area contributed by atoms with Crippen LogP contribution in [-0.2, 0) is 30.2 Å². The molecule has 198 valence electrons. The number of carbonyl (C=O) groups is 4. The number of hydrogen-bond donors (Lipinski definition) is 3. The zero-order valence-corrected chi connectivity index (χ0v) is 21.7. The number of carboxylic acid groups (broad SMARTS) is 1. The van der Waals surface area contributed by atoms with Crippen molar-refractivity contribution < 1.29 is 38.5 Å². The Hall–Kier alpha value is -3.15. The summed E-state index contributed by atoms with van der Waals surface area (Å²) in [5, 5.41) is 14.7. The topological polar surface area (TPSA) is 158 Å². The largest absolute Gasteiger partial charge is 0.480 e. The van der Waals surface area contributed by atoms with Gasteiger partial charge in [0.05, 0.1) is 12.8 Å². The van der Waals surface area contributed by atoms with Crippen LogP contribution in [0, 0.1) is 5.92 Å². The molecule has 1 amide bonds. The van der Waals surface area contributed by atoms with E-state index in [9.17, 15) is 24.3 Å². The Kier molecular flexibility index (Phi) is 10.7. The van der Waals surface area contributed by atoms with Gasteiger partial charge in [-0.25, -0.2) is 23.9 Å². The molecular formula is C23H38N4O8. The summed E-state index contributed by atoms with van der Waals surface area (Å²) in [4.78, 5) is 50.1. The average molecular weight is 499 g/mol. The summed E-state index contributed by atoms with van der Waals surface area (Å²) in [6, 6.07) is -1.34. The maximum absolute atomic E-state index is 12.1. The minimum Gasteiger partial charge on any atom is -0.480 e. The molecule has 1 aromatic heterocycles. The van der Waals surface area contributed by atoms with Crippen molar-refractivity contribution in [1.29, 1.82) is 0 Å². The molecule has 12 heteroatoms. The van der Waals surface area contributed by atoms with Crippen LogP contribution in [-0.4, -0.2) is 75.7 Å². The lowest BCUT2D eigenvalue weighted by Crippen LogP contribution is -2.45. The van der Waals surface area contributed by atoms with Gasteiger partial charge >= 0.3 is 24.1 Å². The maximum Gasteiger partial charge on any atom is 0.420 e. The molecule has 0 saturated carbocycles. The molecule has 2 rings (SSSR count). The van der Waals surface area contributed by atoms with Crippen molar-refractivity contribution >= 4 is 24.1 Å². The fourth-order valence-corrected chi connectivity index (χ4v) is 3.04. The number of alkyl carbamates (subject to hydrolysis) is 1. The number of nitrogens with one attached hydrogen (secondary N) is 2. The lowest BCUT2D eigenvalue weighted by atomic mass is 10.1. The van der Waals surface area contributed by atoms with Crippen molar-refractivity contribution in [2.24, 2.45) is 5.92 Å². The van der Waals surface area contributed by atoms with Gasteiger partial charge in [0.15, 0.2) is 0 Å². The number of hydrogen-bond acceptors (Lipinski definition) is 9. The Balaban J connectivity index is 0.000000507. The number of carbonyl (C=O) groups excluding carboxylic acids is 3. The zero-order chi connectivity index (χ0) is 27.0. The number of amides is 1. The molecule has 3 N–H and O–H groups in total. The highest BCUT2D eigenvalue weighted by Crippen LogP contribution is 2.14. The predicted molar refractivity (Wildman–Crippen MR) is 126 cm³/mol. The van der Waals surface area contributed by atoms with E-state index in [4.69, 9.17) is 9.47 Å². The summed E-state index contributed by atoms with van der Waals surface area (Å²) in [6.45, 7) is 13.2. The number of methoxy groups -OCH3 is 1. The first-order chi connectivity index (χ1) is 16.0. The highest BCUT2D eigenvalue weighted by atomic mass is 16.6. The van der Waals surface area contributed by atoms with Crippen molar-refractivity contribution in [2.75, 3.05) is 13.7 Å². The van der Waals surface area contributed by atoms with Gasteiger partial charge < -0.3 is 30.0 Å². The summed E-state index contributed by atoms with van der Waals surface area (Å²) in [5.74, 6) is -0.795. The first-order valence-electron chi connectivity index (χ1n) is 11.3. The van der Waals surface area contributed by atoms with Gasteiger partial charge in [0, 0.05) is 12.6 Å². The van der Waals surface area contributed by atoms with Crippen LogP contribution in [0.15, 0.2) is 12.5 Å². The molecule has 0 spiro atoms. The third kappa shape index (κ3) is 11.2. The number of ether oxygens (including phenoxy) is 3. The van der Waals surface area contributed by atoms with Gasteiger partial charge in [-0.1, -0.05) is 6.92 Å². The van der Waals surface area contributed by atoms with E-state index in [1.807, 2.05) is 0 Å². The first-order valence-corrected chi connectivity index (χ1v) is 11.3. The van der Waals surface area contributed by atoms with E-state index in [0.29, 0.717) is 5.92 Å². The highest BCUT2D eigenvalue weighted by molar-refractivity contribution is 5.80. The maximum atomic E-state index is 12.1. The van der Waals surface area contributed by atoms with Crippen molar-refractivity contribution in [3.05, 3.63) is 18.2 Å². The van der Waals surface area contributed by atoms with Crippen LogP contribution in [0.4, 0.5) is 9.59 Å². The van der Waals surface area contributed by atoms with Gasteiger partial charge in [-0.05, 0) is 60.4 Å². The number of aliphatic carboxylic acids is 1. The molecule has 3 atom stereocenters. The van der Waals surface area contributed by atoms with Gasteiger partial charge in [-0.2, -0.15) is 0 Å². The highest BCUT2D eigenvalue weighted by Gasteiger charge is 2.28. The molecule has 1 saturated heterocycles. The summed E-state index contributed by atoms with van der Waals surface area (Å²) in [6.07, 6.45) is 1.79. The molecule has 1 aromatic rings. The van der Waals surface area contributed by atoms with Crippen LogP contribution in [0.2, 0.25) is 0 Å². The molecule has 0 bridgehead atoms. The monoisotopic (exact) mass is 498 g/mol. The number of aromatic nitrogens is 2. The lowest BCUT2D eigenvalue weighted by molar-refractivity contribution is -0.142. The van der Waals surface area contributed by atoms with Crippen LogP contribution in [0.5, 0.6) is 0 Å². The van der Waals surface area contributed by atoms with E-state index in [1.54, 1.807) is 41.5 Å². The van der Waals surface area contributed by atoms with Gasteiger partial charge in [-0.15, -0.1) is 0 Å². The summed E-state index contributed by atoms with van der Waals surface area (Å²) >= 11 is 0. The summed E-state index contributed by atoms with van der Waals surface area (Å²) in [5.41, 5.74) is -1.18. The lowest BCUT2D eigenvalue weighted by Gasteiger charge is -2.22. The molecule has 0 aliphatic carbocycles. The number of nitrogens with zero attached hydrogens (tertiary/aromatic N) is 2. The minimum absolute atomic E-state index is 0.0556. The Morgan fingerprint density at radius 1 is 1.17 bits per heavy atom. The van der Waals surface area contributed by atoms with Gasteiger partial charge in [-0.3, -0.25) is 4.79 Å². The van der Waals surface area contributed by atoms with Crippen LogP contribution in [0.3, 0.4) is 0 Å². The standard InChI is InChI=1S/C16H25N3O6.C7H13NO2/c1-15(2,3)24-13(22)18-11(12(20)21)7-10-8-17-9-19(10)14(23)25-16(4,5)6;1-5-3-6(8-4-5)7(9)10-2/h8-9,11H,7H2,1-6H3,(H,18,22)(H,20,21);5-6,8H,3-4H2,1-2H3/t;5-,6-/m.0/s1. The molecule has 35 heavy (non-hydrogen) atoms. The van der Waals surface area contributed by atoms with Gasteiger partial charge in [0.1, 0.15) is 29.6 Å². The third-order valence-corrected chi connectivity index (χ3v) is 4.54. The van der Waals surface area contributed by atoms with Crippen LogP contribution >= 0.6 is 0 Å². The van der Waals surface area contributed by atoms with E-state index in [2.05, 4.69) is 27.3 Å². The Bertz CT molecular complexity index is 885. The van der Waals surface area contributed by atoms with Gasteiger partial charge in [0.25, 0.3) is 0 Å². The molecule has 1 aliphatic heterocycles. The van der Waals surface area contributed by atoms with E-state index < -0.39 is 35.4 Å². The molecule has 0 radical (unpaired) electrons. The van der Waals surface area contributed by atoms with E-state index >= 15 is 0 Å². The van der Waals surface area contributed by atoms with E-state index in [0.717, 1.165) is 17.5 Å². The van der Waals surface area contributed by atoms with Crippen molar-refractivity contribution in [3.8, 4) is 0 Å². The second kappa shape index (κ2) is 12.5. The third-order valence-electron chi connectivity index (χ3n) is 4.54. The van der Waals surface area contributed by atoms with Crippen molar-refractivity contribution in [1.82, 2.24) is 20.2 Å². The van der Waals surface area contributed by atoms with Crippen LogP contribution in [0.1, 0.15) is 60.6 Å². The first kappa shape index (κ1) is 29.9. The molecule has 0 aromatic carbocycles. The second-order valence-electron chi connectivity index (χ2n) is 10.3. The fraction of sp³-hybridized carbons (Fsp3) is 0.696. The summed E-state index contributed by atoms with van der Waals surface area (Å²) < 4.78 is 16.0. The Morgan fingerprint density at radius 2 is 1.77 bits per heavy atom. The normalized spacial score (nSPS) is 18.5. The molecule has 1 unspecified atom stereocenters.